The predicted octanol–water partition coefficient (Wildman–Crippen LogP) is 6.54. The van der Waals surface area contributed by atoms with Gasteiger partial charge in [-0.25, -0.2) is 0 Å². The molecule has 0 aliphatic carbocycles. The molecule has 0 radical (unpaired) electrons. The SMILES string of the molecule is O=[N+]([O-])c1cccc(CO/N=C\c2cc(I)c(OCc3ccc(I)cc3)c(I)c2)c1. The first-order valence-corrected chi connectivity index (χ1v) is 11.9. The van der Waals surface area contributed by atoms with E-state index in [0.717, 1.165) is 24.0 Å². The lowest BCUT2D eigenvalue weighted by Gasteiger charge is -2.11. The zero-order valence-corrected chi connectivity index (χ0v) is 21.9. The molecular formula is C21H15I3N2O4. The van der Waals surface area contributed by atoms with E-state index in [2.05, 4.69) is 97.2 Å². The van der Waals surface area contributed by atoms with Crippen LogP contribution in [0.2, 0.25) is 0 Å². The van der Waals surface area contributed by atoms with Crippen LogP contribution in [0.1, 0.15) is 16.7 Å². The number of rotatable bonds is 8. The molecule has 0 spiro atoms. The number of oxime groups is 1. The summed E-state index contributed by atoms with van der Waals surface area (Å²) in [4.78, 5) is 15.7. The van der Waals surface area contributed by atoms with Crippen molar-refractivity contribution in [2.75, 3.05) is 0 Å². The normalized spacial score (nSPS) is 10.9. The summed E-state index contributed by atoms with van der Waals surface area (Å²) in [7, 11) is 0. The molecule has 0 N–H and O–H groups in total. The topological polar surface area (TPSA) is 74.0 Å². The van der Waals surface area contributed by atoms with Crippen molar-refractivity contribution in [3.63, 3.8) is 0 Å². The molecule has 0 fully saturated rings. The van der Waals surface area contributed by atoms with Gasteiger partial charge in [-0.2, -0.15) is 0 Å². The summed E-state index contributed by atoms with van der Waals surface area (Å²) in [6.07, 6.45) is 1.62. The van der Waals surface area contributed by atoms with Gasteiger partial charge in [0.05, 0.1) is 18.3 Å². The second kappa shape index (κ2) is 11.2. The van der Waals surface area contributed by atoms with Gasteiger partial charge in [-0.3, -0.25) is 10.1 Å². The monoisotopic (exact) mass is 740 g/mol. The van der Waals surface area contributed by atoms with Crippen LogP contribution in [0.5, 0.6) is 5.75 Å². The van der Waals surface area contributed by atoms with E-state index < -0.39 is 4.92 Å². The molecule has 3 aromatic rings. The summed E-state index contributed by atoms with van der Waals surface area (Å²) in [5.74, 6) is 0.837. The molecule has 6 nitrogen and oxygen atoms in total. The van der Waals surface area contributed by atoms with Crippen LogP contribution in [0.15, 0.2) is 65.8 Å². The number of benzene rings is 3. The van der Waals surface area contributed by atoms with Crippen LogP contribution in [0, 0.1) is 20.8 Å². The van der Waals surface area contributed by atoms with E-state index in [1.807, 2.05) is 12.1 Å². The third-order valence-corrected chi connectivity index (χ3v) is 6.27. The standard InChI is InChI=1S/C21H15I3N2O4/c22-17-6-4-14(5-7-17)12-29-21-19(23)9-16(10-20(21)24)11-25-30-13-15-2-1-3-18(8-15)26(27)28/h1-11H,12-13H2/b25-11-. The smallest absolute Gasteiger partial charge is 0.269 e. The van der Waals surface area contributed by atoms with Crippen LogP contribution in [0.4, 0.5) is 5.69 Å². The molecule has 154 valence electrons. The molecule has 0 saturated carbocycles. The lowest BCUT2D eigenvalue weighted by molar-refractivity contribution is -0.384. The van der Waals surface area contributed by atoms with E-state index in [4.69, 9.17) is 9.57 Å². The average molecular weight is 740 g/mol. The van der Waals surface area contributed by atoms with E-state index in [1.165, 1.54) is 15.7 Å². The number of nitro benzene ring substituents is 1. The Morgan fingerprint density at radius 2 is 1.63 bits per heavy atom. The second-order valence-electron chi connectivity index (χ2n) is 6.16. The predicted molar refractivity (Wildman–Crippen MR) is 141 cm³/mol. The molecule has 0 aromatic heterocycles. The van der Waals surface area contributed by atoms with Crippen molar-refractivity contribution in [3.8, 4) is 5.75 Å². The molecule has 0 unspecified atom stereocenters. The van der Waals surface area contributed by atoms with Gasteiger partial charge in [0.15, 0.2) is 0 Å². The van der Waals surface area contributed by atoms with E-state index in [-0.39, 0.29) is 12.3 Å². The highest BCUT2D eigenvalue weighted by molar-refractivity contribution is 14.1. The van der Waals surface area contributed by atoms with Crippen molar-refractivity contribution >= 4 is 79.7 Å². The van der Waals surface area contributed by atoms with E-state index in [0.29, 0.717) is 12.2 Å². The summed E-state index contributed by atoms with van der Waals surface area (Å²) in [6.45, 7) is 0.659. The van der Waals surface area contributed by atoms with Gasteiger partial charge in [0.1, 0.15) is 19.0 Å². The molecule has 3 rings (SSSR count). The van der Waals surface area contributed by atoms with Crippen molar-refractivity contribution in [2.24, 2.45) is 5.16 Å². The fourth-order valence-corrected chi connectivity index (χ4v) is 4.99. The number of ether oxygens (including phenoxy) is 1. The zero-order chi connectivity index (χ0) is 21.5. The Labute approximate surface area is 214 Å². The Morgan fingerprint density at radius 3 is 2.30 bits per heavy atom. The van der Waals surface area contributed by atoms with Crippen molar-refractivity contribution < 1.29 is 14.5 Å². The highest BCUT2D eigenvalue weighted by Crippen LogP contribution is 2.29. The minimum absolute atomic E-state index is 0.0324. The molecule has 3 aromatic carbocycles. The van der Waals surface area contributed by atoms with Crippen LogP contribution in [0.3, 0.4) is 0 Å². The van der Waals surface area contributed by atoms with Crippen LogP contribution in [0.25, 0.3) is 0 Å². The highest BCUT2D eigenvalue weighted by Gasteiger charge is 2.09. The van der Waals surface area contributed by atoms with Gasteiger partial charge in [0.2, 0.25) is 0 Å². The fourth-order valence-electron chi connectivity index (χ4n) is 2.50. The largest absolute Gasteiger partial charge is 0.487 e. The Balaban J connectivity index is 1.59. The Morgan fingerprint density at radius 1 is 0.933 bits per heavy atom. The van der Waals surface area contributed by atoms with Gasteiger partial charge in [0, 0.05) is 15.7 Å². The van der Waals surface area contributed by atoms with Crippen LogP contribution in [-0.4, -0.2) is 11.1 Å². The molecule has 9 heteroatoms. The molecule has 0 bridgehead atoms. The van der Waals surface area contributed by atoms with E-state index >= 15 is 0 Å². The molecule has 30 heavy (non-hydrogen) atoms. The summed E-state index contributed by atoms with van der Waals surface area (Å²) < 4.78 is 9.16. The van der Waals surface area contributed by atoms with Crippen molar-refractivity contribution in [3.05, 3.63) is 98.2 Å². The molecule has 0 saturated heterocycles. The summed E-state index contributed by atoms with van der Waals surface area (Å²) in [5.41, 5.74) is 2.71. The highest BCUT2D eigenvalue weighted by atomic mass is 127. The first kappa shape index (κ1) is 23.2. The van der Waals surface area contributed by atoms with Crippen LogP contribution in [-0.2, 0) is 18.1 Å². The third kappa shape index (κ3) is 6.77. The van der Waals surface area contributed by atoms with Crippen molar-refractivity contribution in [1.82, 2.24) is 0 Å². The number of non-ortho nitro benzene ring substituents is 1. The number of hydrogen-bond donors (Lipinski definition) is 0. The summed E-state index contributed by atoms with van der Waals surface area (Å²) in [6, 6.07) is 18.5. The zero-order valence-electron chi connectivity index (χ0n) is 15.4. The molecular weight excluding hydrogens is 725 g/mol. The van der Waals surface area contributed by atoms with E-state index in [1.54, 1.807) is 18.3 Å². The van der Waals surface area contributed by atoms with E-state index in [9.17, 15) is 10.1 Å². The van der Waals surface area contributed by atoms with Gasteiger partial charge in [0.25, 0.3) is 5.69 Å². The van der Waals surface area contributed by atoms with Crippen molar-refractivity contribution in [2.45, 2.75) is 13.2 Å². The van der Waals surface area contributed by atoms with Gasteiger partial charge >= 0.3 is 0 Å². The Kier molecular flexibility index (Phi) is 8.68. The summed E-state index contributed by atoms with van der Waals surface area (Å²) >= 11 is 6.76. The fraction of sp³-hybridized carbons (Fsp3) is 0.0952. The maximum absolute atomic E-state index is 10.8. The van der Waals surface area contributed by atoms with Gasteiger partial charge in [-0.05, 0) is 109 Å². The third-order valence-electron chi connectivity index (χ3n) is 3.95. The second-order valence-corrected chi connectivity index (χ2v) is 9.73. The molecule has 0 aliphatic rings. The molecule has 0 aliphatic heterocycles. The molecule has 0 atom stereocenters. The first-order chi connectivity index (χ1) is 14.4. The van der Waals surface area contributed by atoms with Gasteiger partial charge in [-0.15, -0.1) is 0 Å². The number of nitro groups is 1. The lowest BCUT2D eigenvalue weighted by Crippen LogP contribution is -2.00. The first-order valence-electron chi connectivity index (χ1n) is 8.67. The van der Waals surface area contributed by atoms with Crippen LogP contribution < -0.4 is 4.74 Å². The Bertz CT molecular complexity index is 1050. The lowest BCUT2D eigenvalue weighted by atomic mass is 10.2. The molecule has 0 heterocycles. The van der Waals surface area contributed by atoms with Gasteiger partial charge in [-0.1, -0.05) is 29.4 Å². The van der Waals surface area contributed by atoms with Crippen LogP contribution >= 0.6 is 67.8 Å². The van der Waals surface area contributed by atoms with Gasteiger partial charge < -0.3 is 9.57 Å². The quantitative estimate of drug-likeness (QED) is 0.114. The average Bonchev–Trinajstić information content (AvgIpc) is 2.72. The maximum atomic E-state index is 10.8. The minimum Gasteiger partial charge on any atom is -0.487 e. The minimum atomic E-state index is -0.432. The Hall–Kier alpha value is -1.48. The maximum Gasteiger partial charge on any atom is 0.269 e. The number of nitrogens with zero attached hydrogens (tertiary/aromatic N) is 2. The number of hydrogen-bond acceptors (Lipinski definition) is 5. The number of halogens is 3. The molecule has 0 amide bonds. The summed E-state index contributed by atoms with van der Waals surface area (Å²) in [5, 5.41) is 14.8. The van der Waals surface area contributed by atoms with Crippen molar-refractivity contribution in [1.29, 1.82) is 0 Å².